The second-order valence-corrected chi connectivity index (χ2v) is 7.48. The average molecular weight is 358 g/mol. The van der Waals surface area contributed by atoms with Gasteiger partial charge in [0, 0.05) is 5.92 Å². The zero-order chi connectivity index (χ0) is 17.9. The highest BCUT2D eigenvalue weighted by Crippen LogP contribution is 2.43. The fraction of sp³-hybridized carbons (Fsp3) is 0.600. The summed E-state index contributed by atoms with van der Waals surface area (Å²) in [7, 11) is 0. The number of amides is 2. The van der Waals surface area contributed by atoms with Crippen molar-refractivity contribution in [2.75, 3.05) is 19.8 Å². The molecule has 1 aromatic carbocycles. The largest absolute Gasteiger partial charge is 0.486 e. The van der Waals surface area contributed by atoms with Gasteiger partial charge in [-0.2, -0.15) is 0 Å². The maximum atomic E-state index is 12.4. The smallest absolute Gasteiger partial charge is 0.239 e. The molecular formula is C20H26N2O4. The number of carbonyl (C=O) groups is 2. The molecule has 2 amide bonds. The highest BCUT2D eigenvalue weighted by atomic mass is 16.6. The average Bonchev–Trinajstić information content (AvgIpc) is 3.36. The Morgan fingerprint density at radius 1 is 1.04 bits per heavy atom. The van der Waals surface area contributed by atoms with Gasteiger partial charge in [-0.05, 0) is 49.3 Å². The molecule has 1 aliphatic heterocycles. The van der Waals surface area contributed by atoms with Gasteiger partial charge in [0.05, 0.1) is 12.6 Å². The summed E-state index contributed by atoms with van der Waals surface area (Å²) < 4.78 is 11.2. The summed E-state index contributed by atoms with van der Waals surface area (Å²) in [4.78, 5) is 24.5. The fourth-order valence-corrected chi connectivity index (χ4v) is 3.88. The van der Waals surface area contributed by atoms with Crippen LogP contribution in [0.15, 0.2) is 18.2 Å². The van der Waals surface area contributed by atoms with Gasteiger partial charge in [-0.25, -0.2) is 0 Å². The molecule has 4 rings (SSSR count). The predicted molar refractivity (Wildman–Crippen MR) is 96.0 cm³/mol. The van der Waals surface area contributed by atoms with Crippen LogP contribution in [0, 0.1) is 11.8 Å². The van der Waals surface area contributed by atoms with Crippen molar-refractivity contribution in [3.8, 4) is 11.5 Å². The molecule has 1 unspecified atom stereocenters. The predicted octanol–water partition coefficient (Wildman–Crippen LogP) is 2.33. The van der Waals surface area contributed by atoms with Crippen LogP contribution >= 0.6 is 0 Å². The van der Waals surface area contributed by atoms with E-state index in [0.717, 1.165) is 55.6 Å². The first-order valence-electron chi connectivity index (χ1n) is 9.67. The quantitative estimate of drug-likeness (QED) is 0.818. The molecule has 26 heavy (non-hydrogen) atoms. The minimum atomic E-state index is -0.136. The number of fused-ring (bicyclic) bond motifs is 1. The van der Waals surface area contributed by atoms with E-state index in [1.165, 1.54) is 0 Å². The van der Waals surface area contributed by atoms with Crippen LogP contribution < -0.4 is 20.1 Å². The summed E-state index contributed by atoms with van der Waals surface area (Å²) in [5, 5.41) is 5.89. The van der Waals surface area contributed by atoms with Gasteiger partial charge in [0.2, 0.25) is 11.8 Å². The molecular weight excluding hydrogens is 332 g/mol. The Hall–Kier alpha value is -2.24. The molecule has 1 aromatic rings. The molecule has 140 valence electrons. The lowest BCUT2D eigenvalue weighted by atomic mass is 10.0. The van der Waals surface area contributed by atoms with Gasteiger partial charge >= 0.3 is 0 Å². The normalized spacial score (nSPS) is 20.5. The van der Waals surface area contributed by atoms with Crippen LogP contribution in [-0.4, -0.2) is 31.6 Å². The Labute approximate surface area is 153 Å². The number of hydrogen-bond donors (Lipinski definition) is 2. The molecule has 6 nitrogen and oxygen atoms in total. The Kier molecular flexibility index (Phi) is 5.00. The third kappa shape index (κ3) is 3.94. The van der Waals surface area contributed by atoms with E-state index >= 15 is 0 Å². The van der Waals surface area contributed by atoms with Crippen molar-refractivity contribution >= 4 is 11.8 Å². The highest BCUT2D eigenvalue weighted by molar-refractivity contribution is 5.86. The van der Waals surface area contributed by atoms with E-state index in [1.807, 2.05) is 18.2 Å². The first-order valence-corrected chi connectivity index (χ1v) is 9.67. The lowest BCUT2D eigenvalue weighted by Gasteiger charge is -2.23. The zero-order valence-corrected chi connectivity index (χ0v) is 15.0. The summed E-state index contributed by atoms with van der Waals surface area (Å²) in [6, 6.07) is 5.83. The van der Waals surface area contributed by atoms with E-state index in [1.54, 1.807) is 0 Å². The van der Waals surface area contributed by atoms with Crippen LogP contribution in [0.3, 0.4) is 0 Å². The topological polar surface area (TPSA) is 76.7 Å². The molecule has 3 aliphatic rings. The first-order chi connectivity index (χ1) is 12.7. The van der Waals surface area contributed by atoms with Crippen molar-refractivity contribution in [3.05, 3.63) is 23.8 Å². The van der Waals surface area contributed by atoms with Gasteiger partial charge in [-0.3, -0.25) is 9.59 Å². The van der Waals surface area contributed by atoms with Crippen LogP contribution in [-0.2, 0) is 9.59 Å². The molecule has 1 heterocycles. The summed E-state index contributed by atoms with van der Waals surface area (Å²) in [6.45, 7) is 1.16. The molecule has 2 N–H and O–H groups in total. The minimum Gasteiger partial charge on any atom is -0.486 e. The number of ether oxygens (including phenoxy) is 2. The van der Waals surface area contributed by atoms with Crippen molar-refractivity contribution in [1.82, 2.24) is 10.6 Å². The van der Waals surface area contributed by atoms with Gasteiger partial charge in [-0.1, -0.05) is 18.9 Å². The van der Waals surface area contributed by atoms with Crippen LogP contribution in [0.1, 0.15) is 50.1 Å². The van der Waals surface area contributed by atoms with Gasteiger partial charge in [0.1, 0.15) is 13.2 Å². The molecule has 2 saturated carbocycles. The molecule has 1 atom stereocenters. The van der Waals surface area contributed by atoms with Crippen LogP contribution in [0.5, 0.6) is 11.5 Å². The van der Waals surface area contributed by atoms with E-state index in [-0.39, 0.29) is 30.3 Å². The van der Waals surface area contributed by atoms with Crippen molar-refractivity contribution in [2.24, 2.45) is 11.8 Å². The molecule has 0 spiro atoms. The van der Waals surface area contributed by atoms with E-state index < -0.39 is 0 Å². The Morgan fingerprint density at radius 2 is 1.77 bits per heavy atom. The maximum absolute atomic E-state index is 12.4. The molecule has 0 saturated heterocycles. The monoisotopic (exact) mass is 358 g/mol. The number of hydrogen-bond acceptors (Lipinski definition) is 4. The van der Waals surface area contributed by atoms with Gasteiger partial charge in [0.15, 0.2) is 11.5 Å². The number of benzene rings is 1. The standard InChI is InChI=1S/C20H26N2O4/c23-18(12-21-20(24)14-3-1-2-4-14)22-19(13-5-6-13)15-7-8-16-17(11-15)26-10-9-25-16/h7-8,11,13-14,19H,1-6,9-10,12H2,(H,21,24)(H,22,23). The van der Waals surface area contributed by atoms with Crippen LogP contribution in [0.4, 0.5) is 0 Å². The SMILES string of the molecule is O=C(CNC(=O)C1CCCC1)NC(c1ccc2c(c1)OCCO2)C1CC1. The fourth-order valence-electron chi connectivity index (χ4n) is 3.88. The lowest BCUT2D eigenvalue weighted by Crippen LogP contribution is -2.41. The van der Waals surface area contributed by atoms with Crippen LogP contribution in [0.2, 0.25) is 0 Å². The Morgan fingerprint density at radius 3 is 2.50 bits per heavy atom. The van der Waals surface area contributed by atoms with E-state index in [2.05, 4.69) is 10.6 Å². The maximum Gasteiger partial charge on any atom is 0.239 e. The molecule has 2 fully saturated rings. The Bertz CT molecular complexity index is 680. The summed E-state index contributed by atoms with van der Waals surface area (Å²) >= 11 is 0. The lowest BCUT2D eigenvalue weighted by molar-refractivity contribution is -0.128. The minimum absolute atomic E-state index is 0.0138. The van der Waals surface area contributed by atoms with E-state index in [0.29, 0.717) is 19.1 Å². The zero-order valence-electron chi connectivity index (χ0n) is 15.0. The number of nitrogens with one attached hydrogen (secondary N) is 2. The summed E-state index contributed by atoms with van der Waals surface area (Å²) in [5.41, 5.74) is 1.03. The highest BCUT2D eigenvalue weighted by Gasteiger charge is 2.34. The third-order valence-electron chi connectivity index (χ3n) is 5.48. The van der Waals surface area contributed by atoms with Gasteiger partial charge in [0.25, 0.3) is 0 Å². The van der Waals surface area contributed by atoms with Gasteiger partial charge in [-0.15, -0.1) is 0 Å². The number of rotatable bonds is 6. The van der Waals surface area contributed by atoms with Crippen LogP contribution in [0.25, 0.3) is 0 Å². The van der Waals surface area contributed by atoms with Crippen molar-refractivity contribution in [3.63, 3.8) is 0 Å². The second kappa shape index (κ2) is 7.56. The molecule has 2 aliphatic carbocycles. The molecule has 0 bridgehead atoms. The Balaban J connectivity index is 1.36. The van der Waals surface area contributed by atoms with Crippen molar-refractivity contribution < 1.29 is 19.1 Å². The summed E-state index contributed by atoms with van der Waals surface area (Å²) in [5.74, 6) is 1.91. The molecule has 6 heteroatoms. The second-order valence-electron chi connectivity index (χ2n) is 7.48. The molecule has 0 radical (unpaired) electrons. The third-order valence-corrected chi connectivity index (χ3v) is 5.48. The first kappa shape index (κ1) is 17.2. The van der Waals surface area contributed by atoms with E-state index in [9.17, 15) is 9.59 Å². The van der Waals surface area contributed by atoms with Gasteiger partial charge < -0.3 is 20.1 Å². The van der Waals surface area contributed by atoms with Crippen molar-refractivity contribution in [2.45, 2.75) is 44.6 Å². The number of carbonyl (C=O) groups excluding carboxylic acids is 2. The molecule has 0 aromatic heterocycles. The van der Waals surface area contributed by atoms with E-state index in [4.69, 9.17) is 9.47 Å². The van der Waals surface area contributed by atoms with Crippen molar-refractivity contribution in [1.29, 1.82) is 0 Å². The summed E-state index contributed by atoms with van der Waals surface area (Å²) in [6.07, 6.45) is 6.31.